The maximum Gasteiger partial charge on any atom is 0.305 e. The Labute approximate surface area is 164 Å². The van der Waals surface area contributed by atoms with Gasteiger partial charge in [0.1, 0.15) is 0 Å². The molecular weight excluding hydrogens is 344 g/mol. The first-order valence-electron chi connectivity index (χ1n) is 10.7. The number of ether oxygens (including phenoxy) is 2. The van der Waals surface area contributed by atoms with Gasteiger partial charge in [-0.05, 0) is 37.5 Å². The van der Waals surface area contributed by atoms with Crippen LogP contribution in [0.25, 0.3) is 0 Å². The fourth-order valence-corrected chi connectivity index (χ4v) is 4.50. The number of methoxy groups -OCH3 is 1. The third-order valence-corrected chi connectivity index (χ3v) is 6.30. The van der Waals surface area contributed by atoms with Crippen molar-refractivity contribution < 1.29 is 24.5 Å². The van der Waals surface area contributed by atoms with Gasteiger partial charge < -0.3 is 19.7 Å². The summed E-state index contributed by atoms with van der Waals surface area (Å²) in [5.41, 5.74) is 0. The van der Waals surface area contributed by atoms with E-state index >= 15 is 0 Å². The maximum atomic E-state index is 11.2. The van der Waals surface area contributed by atoms with Gasteiger partial charge in [0.2, 0.25) is 0 Å². The third kappa shape index (κ3) is 6.58. The van der Waals surface area contributed by atoms with Crippen LogP contribution in [0.1, 0.15) is 71.6 Å². The molecule has 5 heteroatoms. The quantitative estimate of drug-likeness (QED) is 0.324. The Morgan fingerprint density at radius 1 is 1.30 bits per heavy atom. The van der Waals surface area contributed by atoms with Gasteiger partial charge in [0.05, 0.1) is 31.5 Å². The molecule has 156 valence electrons. The summed E-state index contributed by atoms with van der Waals surface area (Å²) in [6, 6.07) is 0. The molecule has 0 aromatic rings. The van der Waals surface area contributed by atoms with Gasteiger partial charge in [-0.3, -0.25) is 4.79 Å². The van der Waals surface area contributed by atoms with Crippen LogP contribution in [0.5, 0.6) is 0 Å². The largest absolute Gasteiger partial charge is 0.469 e. The van der Waals surface area contributed by atoms with Crippen molar-refractivity contribution in [3.63, 3.8) is 0 Å². The molecule has 1 saturated carbocycles. The lowest BCUT2D eigenvalue weighted by atomic mass is 9.88. The molecule has 2 fully saturated rings. The molecule has 5 nitrogen and oxygen atoms in total. The minimum absolute atomic E-state index is 0.0723. The Morgan fingerprint density at radius 2 is 2.07 bits per heavy atom. The highest BCUT2D eigenvalue weighted by atomic mass is 16.5. The van der Waals surface area contributed by atoms with E-state index in [0.29, 0.717) is 18.8 Å². The molecule has 1 heterocycles. The van der Waals surface area contributed by atoms with Crippen LogP contribution < -0.4 is 0 Å². The van der Waals surface area contributed by atoms with E-state index in [9.17, 15) is 15.0 Å². The predicted octanol–water partition coefficient (Wildman–Crippen LogP) is 3.62. The molecule has 0 bridgehead atoms. The van der Waals surface area contributed by atoms with E-state index in [1.54, 1.807) is 0 Å². The van der Waals surface area contributed by atoms with E-state index in [2.05, 4.69) is 18.6 Å². The second-order valence-corrected chi connectivity index (χ2v) is 8.39. The monoisotopic (exact) mass is 382 g/mol. The summed E-state index contributed by atoms with van der Waals surface area (Å²) in [6.07, 6.45) is 11.6. The second kappa shape index (κ2) is 11.2. The maximum absolute atomic E-state index is 11.2. The molecule has 0 aromatic heterocycles. The van der Waals surface area contributed by atoms with Gasteiger partial charge in [0, 0.05) is 18.8 Å². The normalized spacial score (nSPS) is 32.6. The minimum Gasteiger partial charge on any atom is -0.469 e. The zero-order chi connectivity index (χ0) is 19.8. The van der Waals surface area contributed by atoms with Crippen molar-refractivity contribution in [2.45, 2.75) is 96.1 Å². The van der Waals surface area contributed by atoms with Crippen LogP contribution in [0.2, 0.25) is 0 Å². The lowest BCUT2D eigenvalue weighted by molar-refractivity contribution is -0.140. The minimum atomic E-state index is -0.445. The van der Waals surface area contributed by atoms with Gasteiger partial charge in [-0.1, -0.05) is 45.3 Å². The lowest BCUT2D eigenvalue weighted by Crippen LogP contribution is -2.21. The van der Waals surface area contributed by atoms with E-state index in [1.165, 1.54) is 7.11 Å². The average Bonchev–Trinajstić information content (AvgIpc) is 3.17. The molecular formula is C22H38O5. The lowest BCUT2D eigenvalue weighted by Gasteiger charge is -2.19. The molecule has 27 heavy (non-hydrogen) atoms. The van der Waals surface area contributed by atoms with Crippen molar-refractivity contribution in [1.82, 2.24) is 0 Å². The third-order valence-electron chi connectivity index (χ3n) is 6.30. The van der Waals surface area contributed by atoms with Crippen molar-refractivity contribution in [2.24, 2.45) is 17.8 Å². The van der Waals surface area contributed by atoms with Crippen LogP contribution in [-0.4, -0.2) is 47.7 Å². The Balaban J connectivity index is 1.78. The molecule has 0 amide bonds. The molecule has 7 atom stereocenters. The highest BCUT2D eigenvalue weighted by molar-refractivity contribution is 5.68. The standard InChI is InChI=1S/C22H38O5/c1-4-5-8-15(2)19(23)12-11-17-18-13-16(27-21(18)14-20(17)24)9-6-7-10-22(25)26-3/h11-12,15-21,23-24H,4-10,13-14H2,1-3H3/t15-,16?,17-,18-,19-,20-,21-/m1/s1. The van der Waals surface area contributed by atoms with Crippen LogP contribution in [0.3, 0.4) is 0 Å². The van der Waals surface area contributed by atoms with E-state index in [4.69, 9.17) is 4.74 Å². The number of aliphatic hydroxyl groups is 2. The number of carbonyl (C=O) groups excluding carboxylic acids is 1. The Morgan fingerprint density at radius 3 is 2.78 bits per heavy atom. The highest BCUT2D eigenvalue weighted by Gasteiger charge is 2.47. The molecule has 1 aliphatic heterocycles. The first-order valence-corrected chi connectivity index (χ1v) is 10.7. The average molecular weight is 383 g/mol. The van der Waals surface area contributed by atoms with Gasteiger partial charge in [0.25, 0.3) is 0 Å². The summed E-state index contributed by atoms with van der Waals surface area (Å²) >= 11 is 0. The topological polar surface area (TPSA) is 76.0 Å². The first-order chi connectivity index (χ1) is 13.0. The van der Waals surface area contributed by atoms with E-state index < -0.39 is 6.10 Å². The van der Waals surface area contributed by atoms with Crippen LogP contribution in [-0.2, 0) is 14.3 Å². The molecule has 2 N–H and O–H groups in total. The molecule has 0 aromatic carbocycles. The van der Waals surface area contributed by atoms with E-state index in [0.717, 1.165) is 44.9 Å². The fourth-order valence-electron chi connectivity index (χ4n) is 4.50. The number of aliphatic hydroxyl groups excluding tert-OH is 2. The summed E-state index contributed by atoms with van der Waals surface area (Å²) in [5.74, 6) is 0.500. The number of carbonyl (C=O) groups is 1. The molecule has 2 aliphatic rings. The van der Waals surface area contributed by atoms with Gasteiger partial charge in [-0.25, -0.2) is 0 Å². The van der Waals surface area contributed by atoms with Crippen LogP contribution >= 0.6 is 0 Å². The zero-order valence-corrected chi connectivity index (χ0v) is 17.2. The van der Waals surface area contributed by atoms with Crippen molar-refractivity contribution >= 4 is 5.97 Å². The Bertz CT molecular complexity index is 477. The molecule has 1 aliphatic carbocycles. The van der Waals surface area contributed by atoms with Crippen LogP contribution in [0.15, 0.2) is 12.2 Å². The number of unbranched alkanes of at least 4 members (excludes halogenated alkanes) is 2. The highest BCUT2D eigenvalue weighted by Crippen LogP contribution is 2.45. The summed E-state index contributed by atoms with van der Waals surface area (Å²) < 4.78 is 10.8. The first kappa shape index (κ1) is 22.4. The predicted molar refractivity (Wildman–Crippen MR) is 105 cm³/mol. The number of rotatable bonds is 11. The van der Waals surface area contributed by atoms with Gasteiger partial charge in [-0.2, -0.15) is 0 Å². The fraction of sp³-hybridized carbons (Fsp3) is 0.864. The number of fused-ring (bicyclic) bond motifs is 1. The van der Waals surface area contributed by atoms with Crippen molar-refractivity contribution in [2.75, 3.05) is 7.11 Å². The molecule has 1 unspecified atom stereocenters. The smallest absolute Gasteiger partial charge is 0.305 e. The molecule has 1 saturated heterocycles. The van der Waals surface area contributed by atoms with Gasteiger partial charge >= 0.3 is 5.97 Å². The number of esters is 1. The summed E-state index contributed by atoms with van der Waals surface area (Å²) in [6.45, 7) is 4.25. The van der Waals surface area contributed by atoms with Crippen molar-refractivity contribution in [1.29, 1.82) is 0 Å². The molecule has 2 rings (SSSR count). The summed E-state index contributed by atoms with van der Waals surface area (Å²) in [5, 5.41) is 20.8. The zero-order valence-electron chi connectivity index (χ0n) is 17.2. The molecule has 0 spiro atoms. The van der Waals surface area contributed by atoms with E-state index in [1.807, 2.05) is 12.2 Å². The molecule has 0 radical (unpaired) electrons. The van der Waals surface area contributed by atoms with Crippen molar-refractivity contribution in [3.8, 4) is 0 Å². The number of hydrogen-bond donors (Lipinski definition) is 2. The Hall–Kier alpha value is -0.910. The van der Waals surface area contributed by atoms with Gasteiger partial charge in [-0.15, -0.1) is 0 Å². The number of hydrogen-bond acceptors (Lipinski definition) is 5. The van der Waals surface area contributed by atoms with Crippen LogP contribution in [0, 0.1) is 17.8 Å². The Kier molecular flexibility index (Phi) is 9.27. The summed E-state index contributed by atoms with van der Waals surface area (Å²) in [4.78, 5) is 11.2. The second-order valence-electron chi connectivity index (χ2n) is 8.39. The van der Waals surface area contributed by atoms with Gasteiger partial charge in [0.15, 0.2) is 0 Å². The van der Waals surface area contributed by atoms with Crippen molar-refractivity contribution in [3.05, 3.63) is 12.2 Å². The van der Waals surface area contributed by atoms with Crippen LogP contribution in [0.4, 0.5) is 0 Å². The summed E-state index contributed by atoms with van der Waals surface area (Å²) in [7, 11) is 1.42. The van der Waals surface area contributed by atoms with E-state index in [-0.39, 0.29) is 36.1 Å². The SMILES string of the molecule is CCCC[C@@H](C)[C@H](O)C=C[C@@H]1[C@H]2CC(CCCCC(=O)OC)O[C@@H]2C[C@H]1O.